The number of carbonyl (C=O) groups is 1. The monoisotopic (exact) mass is 298 g/mol. The molecule has 0 saturated heterocycles. The Balaban J connectivity index is 2.05. The molecule has 0 aromatic heterocycles. The molecule has 0 aliphatic carbocycles. The maximum Gasteiger partial charge on any atom is 0.260 e. The molecule has 5 nitrogen and oxygen atoms in total. The van der Waals surface area contributed by atoms with Crippen LogP contribution in [0.15, 0.2) is 36.4 Å². The summed E-state index contributed by atoms with van der Waals surface area (Å²) >= 11 is 0. The number of phenolic OH excluding ortho intramolecular Hbond substituents is 1. The Labute approximate surface area is 128 Å². The molecule has 0 bridgehead atoms. The van der Waals surface area contributed by atoms with Gasteiger partial charge in [0.15, 0.2) is 11.5 Å². The second kappa shape index (κ2) is 5.26. The summed E-state index contributed by atoms with van der Waals surface area (Å²) in [7, 11) is 1.44. The molecule has 1 atom stereocenters. The fourth-order valence-corrected chi connectivity index (χ4v) is 2.94. The molecule has 3 N–H and O–H groups in total. The van der Waals surface area contributed by atoms with Gasteiger partial charge in [0.1, 0.15) is 0 Å². The molecule has 0 radical (unpaired) electrons. The van der Waals surface area contributed by atoms with Crippen LogP contribution in [0.3, 0.4) is 0 Å². The summed E-state index contributed by atoms with van der Waals surface area (Å²) in [4.78, 5) is 14.7. The molecule has 2 aromatic carbocycles. The number of hydrogen-bond donors (Lipinski definition) is 2. The largest absolute Gasteiger partial charge is 0.504 e. The molecule has 1 amide bonds. The molecular formula is C17H18N2O3. The van der Waals surface area contributed by atoms with Crippen LogP contribution in [0, 0.1) is 0 Å². The molecule has 0 spiro atoms. The molecule has 0 saturated carbocycles. The van der Waals surface area contributed by atoms with E-state index in [1.807, 2.05) is 31.2 Å². The molecule has 0 unspecified atom stereocenters. The number of anilines is 2. The fourth-order valence-electron chi connectivity index (χ4n) is 2.94. The van der Waals surface area contributed by atoms with Crippen LogP contribution in [0.2, 0.25) is 0 Å². The minimum absolute atomic E-state index is 0.0593. The van der Waals surface area contributed by atoms with Gasteiger partial charge >= 0.3 is 0 Å². The Kier molecular flexibility index (Phi) is 3.41. The molecular weight excluding hydrogens is 280 g/mol. The van der Waals surface area contributed by atoms with E-state index in [2.05, 4.69) is 0 Å². The van der Waals surface area contributed by atoms with Crippen LogP contribution in [0.5, 0.6) is 11.5 Å². The molecule has 5 heteroatoms. The normalized spacial score (nSPS) is 16.5. The topological polar surface area (TPSA) is 75.8 Å². The molecule has 1 heterocycles. The lowest BCUT2D eigenvalue weighted by molar-refractivity contribution is 0.0982. The third-order valence-corrected chi connectivity index (χ3v) is 4.01. The van der Waals surface area contributed by atoms with E-state index in [4.69, 9.17) is 10.5 Å². The minimum atomic E-state index is -0.187. The minimum Gasteiger partial charge on any atom is -0.504 e. The van der Waals surface area contributed by atoms with Crippen molar-refractivity contribution in [1.82, 2.24) is 0 Å². The van der Waals surface area contributed by atoms with Crippen molar-refractivity contribution in [2.24, 2.45) is 0 Å². The van der Waals surface area contributed by atoms with Gasteiger partial charge in [0, 0.05) is 23.5 Å². The van der Waals surface area contributed by atoms with Gasteiger partial charge in [0.25, 0.3) is 5.91 Å². The highest BCUT2D eigenvalue weighted by atomic mass is 16.5. The number of nitrogens with zero attached hydrogens (tertiary/aromatic N) is 1. The lowest BCUT2D eigenvalue weighted by atomic mass is 10.1. The molecule has 1 aliphatic rings. The van der Waals surface area contributed by atoms with Gasteiger partial charge in [-0.05, 0) is 31.0 Å². The van der Waals surface area contributed by atoms with E-state index in [1.54, 1.807) is 4.90 Å². The Hall–Kier alpha value is -2.69. The number of hydrogen-bond acceptors (Lipinski definition) is 4. The third-order valence-electron chi connectivity index (χ3n) is 4.01. The number of benzene rings is 2. The first-order valence-corrected chi connectivity index (χ1v) is 7.11. The van der Waals surface area contributed by atoms with Crippen LogP contribution in [-0.4, -0.2) is 24.2 Å². The Morgan fingerprint density at radius 1 is 1.36 bits per heavy atom. The first-order chi connectivity index (χ1) is 10.5. The lowest BCUT2D eigenvalue weighted by Gasteiger charge is -2.23. The summed E-state index contributed by atoms with van der Waals surface area (Å²) < 4.78 is 5.07. The van der Waals surface area contributed by atoms with Crippen molar-refractivity contribution in [3.63, 3.8) is 0 Å². The predicted molar refractivity (Wildman–Crippen MR) is 85.5 cm³/mol. The van der Waals surface area contributed by atoms with Crippen molar-refractivity contribution in [1.29, 1.82) is 0 Å². The lowest BCUT2D eigenvalue weighted by Crippen LogP contribution is -2.36. The van der Waals surface area contributed by atoms with Crippen molar-refractivity contribution < 1.29 is 14.6 Å². The van der Waals surface area contributed by atoms with E-state index in [1.165, 1.54) is 19.2 Å². The van der Waals surface area contributed by atoms with Crippen LogP contribution in [0.25, 0.3) is 0 Å². The standard InChI is InChI=1S/C17H18N2O3/c1-10-7-11-5-3-4-6-14(11)19(10)17(21)12-8-16(22-2)15(20)9-13(12)18/h3-6,8-10,20H,7,18H2,1-2H3/t10-/m1/s1. The predicted octanol–water partition coefficient (Wildman–Crippen LogP) is 2.57. The second-order valence-electron chi connectivity index (χ2n) is 5.47. The van der Waals surface area contributed by atoms with Crippen molar-refractivity contribution in [2.75, 3.05) is 17.7 Å². The third kappa shape index (κ3) is 2.15. The zero-order valence-electron chi connectivity index (χ0n) is 12.5. The Morgan fingerprint density at radius 3 is 2.82 bits per heavy atom. The Bertz CT molecular complexity index is 743. The maximum absolute atomic E-state index is 12.9. The number of aromatic hydroxyl groups is 1. The average Bonchev–Trinajstić information content (AvgIpc) is 2.82. The van der Waals surface area contributed by atoms with Gasteiger partial charge < -0.3 is 20.5 Å². The molecule has 114 valence electrons. The quantitative estimate of drug-likeness (QED) is 0.836. The number of para-hydroxylation sites is 1. The van der Waals surface area contributed by atoms with Crippen LogP contribution in [0.4, 0.5) is 11.4 Å². The summed E-state index contributed by atoms with van der Waals surface area (Å²) in [5, 5.41) is 9.74. The van der Waals surface area contributed by atoms with Gasteiger partial charge in [-0.25, -0.2) is 0 Å². The highest BCUT2D eigenvalue weighted by molar-refractivity contribution is 6.11. The van der Waals surface area contributed by atoms with E-state index in [0.29, 0.717) is 5.56 Å². The highest BCUT2D eigenvalue weighted by Gasteiger charge is 2.32. The Morgan fingerprint density at radius 2 is 2.09 bits per heavy atom. The van der Waals surface area contributed by atoms with Crippen molar-refractivity contribution in [2.45, 2.75) is 19.4 Å². The number of nitrogens with two attached hydrogens (primary N) is 1. The summed E-state index contributed by atoms with van der Waals surface area (Å²) in [6.45, 7) is 2.01. The number of methoxy groups -OCH3 is 1. The van der Waals surface area contributed by atoms with E-state index in [-0.39, 0.29) is 29.1 Å². The second-order valence-corrected chi connectivity index (χ2v) is 5.47. The molecule has 22 heavy (non-hydrogen) atoms. The summed E-state index contributed by atoms with van der Waals surface area (Å²) in [5.74, 6) is -0.0302. The van der Waals surface area contributed by atoms with Crippen molar-refractivity contribution in [3.05, 3.63) is 47.5 Å². The van der Waals surface area contributed by atoms with Gasteiger partial charge in [-0.15, -0.1) is 0 Å². The van der Waals surface area contributed by atoms with E-state index in [9.17, 15) is 9.90 Å². The van der Waals surface area contributed by atoms with E-state index >= 15 is 0 Å². The van der Waals surface area contributed by atoms with Crippen LogP contribution < -0.4 is 15.4 Å². The number of phenols is 1. The van der Waals surface area contributed by atoms with E-state index < -0.39 is 0 Å². The highest BCUT2D eigenvalue weighted by Crippen LogP contribution is 2.36. The van der Waals surface area contributed by atoms with Crippen molar-refractivity contribution in [3.8, 4) is 11.5 Å². The maximum atomic E-state index is 12.9. The average molecular weight is 298 g/mol. The fraction of sp³-hybridized carbons (Fsp3) is 0.235. The summed E-state index contributed by atoms with van der Waals surface area (Å²) in [6.07, 6.45) is 0.817. The number of nitrogen functional groups attached to an aromatic ring is 1. The first-order valence-electron chi connectivity index (χ1n) is 7.11. The zero-order chi connectivity index (χ0) is 15.9. The van der Waals surface area contributed by atoms with Crippen LogP contribution >= 0.6 is 0 Å². The number of ether oxygens (including phenoxy) is 1. The molecule has 3 rings (SSSR count). The zero-order valence-corrected chi connectivity index (χ0v) is 12.5. The number of amides is 1. The molecule has 2 aromatic rings. The van der Waals surface area contributed by atoms with Crippen LogP contribution in [0.1, 0.15) is 22.8 Å². The number of fused-ring (bicyclic) bond motifs is 1. The summed E-state index contributed by atoms with van der Waals surface area (Å²) in [5.41, 5.74) is 8.54. The molecule has 0 fully saturated rings. The van der Waals surface area contributed by atoms with Crippen molar-refractivity contribution >= 4 is 17.3 Å². The van der Waals surface area contributed by atoms with Crippen LogP contribution in [-0.2, 0) is 6.42 Å². The van der Waals surface area contributed by atoms with Gasteiger partial charge in [-0.1, -0.05) is 18.2 Å². The van der Waals surface area contributed by atoms with Gasteiger partial charge in [0.2, 0.25) is 0 Å². The van der Waals surface area contributed by atoms with Gasteiger partial charge in [-0.3, -0.25) is 4.79 Å². The number of carbonyl (C=O) groups excluding carboxylic acids is 1. The smallest absolute Gasteiger partial charge is 0.260 e. The van der Waals surface area contributed by atoms with Gasteiger partial charge in [0.05, 0.1) is 12.7 Å². The number of rotatable bonds is 2. The SMILES string of the molecule is COc1cc(C(=O)N2c3ccccc3C[C@H]2C)c(N)cc1O. The molecule has 1 aliphatic heterocycles. The first kappa shape index (κ1) is 14.3. The van der Waals surface area contributed by atoms with E-state index in [0.717, 1.165) is 17.7 Å². The van der Waals surface area contributed by atoms with Gasteiger partial charge in [-0.2, -0.15) is 0 Å². The summed E-state index contributed by atoms with van der Waals surface area (Å²) in [6, 6.07) is 10.7.